The zero-order chi connectivity index (χ0) is 15.6. The van der Waals surface area contributed by atoms with Crippen molar-refractivity contribution < 1.29 is 21.4 Å². The van der Waals surface area contributed by atoms with Crippen LogP contribution in [0.15, 0.2) is 0 Å². The molecule has 1 unspecified atom stereocenters. The summed E-state index contributed by atoms with van der Waals surface area (Å²) in [7, 11) is -8.42. The van der Waals surface area contributed by atoms with E-state index in [1.54, 1.807) is 0 Å². The van der Waals surface area contributed by atoms with Crippen LogP contribution < -0.4 is 0 Å². The quantitative estimate of drug-likeness (QED) is 0.785. The SMILES string of the molecule is CC(C)(C)CCC(S(=O)(=O)O)S(=O)(=O)C1CCCCC1. The highest BCUT2D eigenvalue weighted by molar-refractivity contribution is 8.07. The second kappa shape index (κ2) is 6.32. The van der Waals surface area contributed by atoms with Crippen LogP contribution in [0.25, 0.3) is 0 Å². The lowest BCUT2D eigenvalue weighted by molar-refractivity contribution is 0.364. The minimum atomic E-state index is -4.58. The molecule has 0 amide bonds. The Kier molecular flexibility index (Phi) is 5.66. The van der Waals surface area contributed by atoms with E-state index in [0.717, 1.165) is 19.3 Å². The van der Waals surface area contributed by atoms with Crippen molar-refractivity contribution >= 4 is 20.0 Å². The molecule has 1 rings (SSSR count). The predicted molar refractivity (Wildman–Crippen MR) is 79.8 cm³/mol. The number of sulfone groups is 1. The summed E-state index contributed by atoms with van der Waals surface area (Å²) in [5.74, 6) is 0. The van der Waals surface area contributed by atoms with Crippen LogP contribution >= 0.6 is 0 Å². The van der Waals surface area contributed by atoms with Gasteiger partial charge < -0.3 is 0 Å². The summed E-state index contributed by atoms with van der Waals surface area (Å²) in [5.41, 5.74) is -0.176. The van der Waals surface area contributed by atoms with Crippen LogP contribution in [0.1, 0.15) is 65.7 Å². The van der Waals surface area contributed by atoms with Gasteiger partial charge in [-0.2, -0.15) is 8.42 Å². The molecule has 1 aliphatic rings. The Morgan fingerprint density at radius 1 is 1.05 bits per heavy atom. The van der Waals surface area contributed by atoms with E-state index >= 15 is 0 Å². The van der Waals surface area contributed by atoms with Crippen molar-refractivity contribution in [2.45, 2.75) is 75.5 Å². The highest BCUT2D eigenvalue weighted by atomic mass is 32.3. The van der Waals surface area contributed by atoms with E-state index in [2.05, 4.69) is 0 Å². The molecule has 0 aromatic rings. The van der Waals surface area contributed by atoms with Gasteiger partial charge in [0, 0.05) is 0 Å². The maximum Gasteiger partial charge on any atom is 0.282 e. The Balaban J connectivity index is 2.98. The first kappa shape index (κ1) is 17.9. The van der Waals surface area contributed by atoms with Gasteiger partial charge in [-0.05, 0) is 31.1 Å². The van der Waals surface area contributed by atoms with Crippen molar-refractivity contribution in [3.8, 4) is 0 Å². The fourth-order valence-electron chi connectivity index (χ4n) is 2.64. The molecule has 1 saturated carbocycles. The number of hydrogen-bond acceptors (Lipinski definition) is 4. The van der Waals surface area contributed by atoms with Crippen LogP contribution in [0.2, 0.25) is 0 Å². The molecule has 0 spiro atoms. The average molecular weight is 326 g/mol. The third kappa shape index (κ3) is 5.00. The Morgan fingerprint density at radius 3 is 1.95 bits per heavy atom. The maximum atomic E-state index is 12.5. The third-order valence-corrected chi connectivity index (χ3v) is 8.65. The maximum absolute atomic E-state index is 12.5. The van der Waals surface area contributed by atoms with E-state index in [-0.39, 0.29) is 11.8 Å². The fraction of sp³-hybridized carbons (Fsp3) is 1.00. The van der Waals surface area contributed by atoms with E-state index in [9.17, 15) is 21.4 Å². The van der Waals surface area contributed by atoms with E-state index < -0.39 is 29.8 Å². The summed E-state index contributed by atoms with van der Waals surface area (Å²) < 4.78 is 55.7. The second-order valence-electron chi connectivity index (χ2n) is 6.89. The Morgan fingerprint density at radius 2 is 1.55 bits per heavy atom. The molecule has 120 valence electrons. The van der Waals surface area contributed by atoms with Gasteiger partial charge in [-0.1, -0.05) is 40.0 Å². The van der Waals surface area contributed by atoms with Gasteiger partial charge >= 0.3 is 0 Å². The standard InChI is InChI=1S/C13H26O5S2/c1-13(2,3)10-9-12(20(16,17)18)19(14,15)11-7-5-4-6-8-11/h11-12H,4-10H2,1-3H3,(H,16,17,18). The highest BCUT2D eigenvalue weighted by Gasteiger charge is 2.42. The Labute approximate surface area is 122 Å². The van der Waals surface area contributed by atoms with Crippen molar-refractivity contribution in [1.82, 2.24) is 0 Å². The first-order valence-electron chi connectivity index (χ1n) is 7.13. The fourth-order valence-corrected chi connectivity index (χ4v) is 6.75. The van der Waals surface area contributed by atoms with Crippen molar-refractivity contribution in [2.75, 3.05) is 0 Å². The topological polar surface area (TPSA) is 88.5 Å². The molecule has 0 aromatic heterocycles. The average Bonchev–Trinajstić information content (AvgIpc) is 2.26. The largest absolute Gasteiger partial charge is 0.285 e. The molecule has 0 aromatic carbocycles. The highest BCUT2D eigenvalue weighted by Crippen LogP contribution is 2.32. The molecule has 0 radical (unpaired) electrons. The molecule has 0 heterocycles. The van der Waals surface area contributed by atoms with E-state index in [1.807, 2.05) is 20.8 Å². The van der Waals surface area contributed by atoms with E-state index in [1.165, 1.54) is 0 Å². The Bertz CT molecular complexity index is 507. The molecule has 1 aliphatic carbocycles. The summed E-state index contributed by atoms with van der Waals surface area (Å²) in [6.45, 7) is 5.75. The minimum Gasteiger partial charge on any atom is -0.285 e. The van der Waals surface area contributed by atoms with Crippen molar-refractivity contribution in [1.29, 1.82) is 0 Å². The van der Waals surface area contributed by atoms with E-state index in [4.69, 9.17) is 0 Å². The van der Waals surface area contributed by atoms with Gasteiger partial charge in [0.1, 0.15) is 0 Å². The zero-order valence-corrected chi connectivity index (χ0v) is 14.1. The van der Waals surface area contributed by atoms with Gasteiger partial charge in [-0.15, -0.1) is 0 Å². The van der Waals surface area contributed by atoms with Crippen LogP contribution in [-0.4, -0.2) is 31.2 Å². The normalized spacial score (nSPS) is 20.8. The molecule has 0 bridgehead atoms. The van der Waals surface area contributed by atoms with Gasteiger partial charge in [0.05, 0.1) is 5.25 Å². The summed E-state index contributed by atoms with van der Waals surface area (Å²) in [4.78, 5) is 0. The molecule has 5 nitrogen and oxygen atoms in total. The first-order chi connectivity index (χ1) is 8.94. The lowest BCUT2D eigenvalue weighted by Crippen LogP contribution is -2.39. The minimum absolute atomic E-state index is 0.0405. The predicted octanol–water partition coefficient (Wildman–Crippen LogP) is 2.77. The summed E-state index contributed by atoms with van der Waals surface area (Å²) in [6, 6.07) is 0. The molecular weight excluding hydrogens is 300 g/mol. The molecule has 1 atom stereocenters. The molecular formula is C13H26O5S2. The van der Waals surface area contributed by atoms with Gasteiger partial charge in [0.15, 0.2) is 14.4 Å². The zero-order valence-electron chi connectivity index (χ0n) is 12.5. The van der Waals surface area contributed by atoms with Crippen LogP contribution in [0.4, 0.5) is 0 Å². The Hall–Kier alpha value is -0.140. The molecule has 20 heavy (non-hydrogen) atoms. The van der Waals surface area contributed by atoms with Crippen LogP contribution in [0.3, 0.4) is 0 Å². The van der Waals surface area contributed by atoms with Crippen molar-refractivity contribution in [3.63, 3.8) is 0 Å². The van der Waals surface area contributed by atoms with Crippen LogP contribution in [0.5, 0.6) is 0 Å². The molecule has 1 fully saturated rings. The second-order valence-corrected chi connectivity index (χ2v) is 11.2. The van der Waals surface area contributed by atoms with Gasteiger partial charge in [-0.25, -0.2) is 8.42 Å². The lowest BCUT2D eigenvalue weighted by Gasteiger charge is -2.27. The molecule has 7 heteroatoms. The monoisotopic (exact) mass is 326 g/mol. The smallest absolute Gasteiger partial charge is 0.282 e. The van der Waals surface area contributed by atoms with Gasteiger partial charge in [0.25, 0.3) is 10.1 Å². The van der Waals surface area contributed by atoms with Crippen LogP contribution in [0, 0.1) is 5.41 Å². The third-order valence-electron chi connectivity index (χ3n) is 3.85. The summed E-state index contributed by atoms with van der Waals surface area (Å²) in [5, 5.41) is -0.622. The summed E-state index contributed by atoms with van der Waals surface area (Å²) >= 11 is 0. The van der Waals surface area contributed by atoms with Crippen LogP contribution in [-0.2, 0) is 20.0 Å². The molecule has 0 saturated heterocycles. The number of hydrogen-bond donors (Lipinski definition) is 1. The molecule has 1 N–H and O–H groups in total. The number of rotatable bonds is 5. The van der Waals surface area contributed by atoms with E-state index in [0.29, 0.717) is 19.3 Å². The van der Waals surface area contributed by atoms with Gasteiger partial charge in [0.2, 0.25) is 0 Å². The molecule has 0 aliphatic heterocycles. The van der Waals surface area contributed by atoms with Crippen molar-refractivity contribution in [3.05, 3.63) is 0 Å². The van der Waals surface area contributed by atoms with Crippen molar-refractivity contribution in [2.24, 2.45) is 5.41 Å². The summed E-state index contributed by atoms with van der Waals surface area (Å²) in [6.07, 6.45) is 4.01. The lowest BCUT2D eigenvalue weighted by atomic mass is 9.91. The first-order valence-corrected chi connectivity index (χ1v) is 10.2. The van der Waals surface area contributed by atoms with Gasteiger partial charge in [-0.3, -0.25) is 4.55 Å².